The summed E-state index contributed by atoms with van der Waals surface area (Å²) < 4.78 is 0. The molecule has 0 aromatic heterocycles. The van der Waals surface area contributed by atoms with Gasteiger partial charge >= 0.3 is 0 Å². The molecule has 0 amide bonds. The first-order valence-electron chi connectivity index (χ1n) is 4.21. The smallest absolute Gasteiger partial charge is 0.217 e. The first-order valence-corrected chi connectivity index (χ1v) is 4.21. The predicted molar refractivity (Wildman–Crippen MR) is 47.2 cm³/mol. The number of carbonyl (C=O) groups excluding carboxylic acids is 1. The van der Waals surface area contributed by atoms with Gasteiger partial charge in [0, 0.05) is 6.21 Å². The number of Topliss-reactive ketones (excluding diaryl/α,β-unsaturated/α-hetero) is 1. The van der Waals surface area contributed by atoms with Crippen LogP contribution in [0.3, 0.4) is 0 Å². The molecule has 0 aliphatic carbocycles. The summed E-state index contributed by atoms with van der Waals surface area (Å²) in [5.41, 5.74) is 0.462. The first kappa shape index (κ1) is 8.97. The molecule has 0 saturated carbocycles. The number of hydrogen-bond donors (Lipinski definition) is 1. The van der Waals surface area contributed by atoms with Crippen LogP contribution in [0.15, 0.2) is 16.4 Å². The van der Waals surface area contributed by atoms with Crippen molar-refractivity contribution in [3.63, 3.8) is 0 Å². The van der Waals surface area contributed by atoms with E-state index in [1.54, 1.807) is 0 Å². The largest absolute Gasteiger partial charge is 0.493 e. The predicted octanol–water partition coefficient (Wildman–Crippen LogP) is 1.85. The molecule has 12 heavy (non-hydrogen) atoms. The summed E-state index contributed by atoms with van der Waals surface area (Å²) in [6.45, 7) is 3.78. The molecule has 66 valence electrons. The molecule has 1 heterocycles. The van der Waals surface area contributed by atoms with Gasteiger partial charge in [-0.1, -0.05) is 13.8 Å². The summed E-state index contributed by atoms with van der Waals surface area (Å²) in [5.74, 6) is -0.212. The second kappa shape index (κ2) is 3.52. The van der Waals surface area contributed by atoms with Crippen LogP contribution in [-0.4, -0.2) is 17.1 Å². The SMILES string of the molecule is CCC1=C(O)N=CC(CC)C1=O. The third kappa shape index (κ3) is 1.40. The van der Waals surface area contributed by atoms with Gasteiger partial charge in [-0.05, 0) is 12.8 Å². The molecule has 3 nitrogen and oxygen atoms in total. The van der Waals surface area contributed by atoms with E-state index in [-0.39, 0.29) is 17.6 Å². The average Bonchev–Trinajstić information content (AvgIpc) is 2.06. The molecule has 3 heteroatoms. The third-order valence-electron chi connectivity index (χ3n) is 2.07. The molecule has 0 fully saturated rings. The highest BCUT2D eigenvalue weighted by Crippen LogP contribution is 2.19. The monoisotopic (exact) mass is 167 g/mol. The zero-order valence-electron chi connectivity index (χ0n) is 7.37. The highest BCUT2D eigenvalue weighted by molar-refractivity contribution is 6.07. The molecule has 0 aromatic rings. The Kier molecular flexibility index (Phi) is 2.63. The molecule has 1 unspecified atom stereocenters. The Bertz CT molecular complexity index is 253. The summed E-state index contributed by atoms with van der Waals surface area (Å²) in [5, 5.41) is 9.21. The number of aliphatic hydroxyl groups excluding tert-OH is 1. The Morgan fingerprint density at radius 1 is 1.58 bits per heavy atom. The van der Waals surface area contributed by atoms with Gasteiger partial charge in [0.2, 0.25) is 5.88 Å². The summed E-state index contributed by atoms with van der Waals surface area (Å²) in [7, 11) is 0. The second-order valence-electron chi connectivity index (χ2n) is 2.81. The van der Waals surface area contributed by atoms with Crippen molar-refractivity contribution < 1.29 is 9.90 Å². The Morgan fingerprint density at radius 3 is 2.75 bits per heavy atom. The van der Waals surface area contributed by atoms with E-state index in [4.69, 9.17) is 0 Å². The van der Waals surface area contributed by atoms with Gasteiger partial charge in [-0.3, -0.25) is 4.79 Å². The molecular weight excluding hydrogens is 154 g/mol. The quantitative estimate of drug-likeness (QED) is 0.682. The molecule has 0 bridgehead atoms. The molecule has 0 spiro atoms. The number of aliphatic hydroxyl groups is 1. The minimum Gasteiger partial charge on any atom is -0.493 e. The molecule has 0 saturated heterocycles. The standard InChI is InChI=1S/C9H13NO2/c1-3-6-5-10-9(12)7(4-2)8(6)11/h5-6,12H,3-4H2,1-2H3. The zero-order valence-corrected chi connectivity index (χ0v) is 7.37. The molecule has 1 aliphatic rings. The van der Waals surface area contributed by atoms with E-state index in [1.165, 1.54) is 6.21 Å². The van der Waals surface area contributed by atoms with Gasteiger partial charge in [0.05, 0.1) is 11.5 Å². The number of allylic oxidation sites excluding steroid dienone is 1. The molecule has 0 aromatic carbocycles. The molecule has 1 aliphatic heterocycles. The van der Waals surface area contributed by atoms with E-state index >= 15 is 0 Å². The van der Waals surface area contributed by atoms with Crippen molar-refractivity contribution in [2.45, 2.75) is 26.7 Å². The molecule has 1 rings (SSSR count). The lowest BCUT2D eigenvalue weighted by Gasteiger charge is -2.14. The Labute approximate surface area is 71.8 Å². The minimum absolute atomic E-state index is 0.0208. The van der Waals surface area contributed by atoms with Gasteiger partial charge < -0.3 is 5.11 Å². The molecule has 0 radical (unpaired) electrons. The number of rotatable bonds is 2. The van der Waals surface area contributed by atoms with Crippen molar-refractivity contribution in [2.24, 2.45) is 10.9 Å². The lowest BCUT2D eigenvalue weighted by molar-refractivity contribution is -0.117. The van der Waals surface area contributed by atoms with Crippen LogP contribution in [-0.2, 0) is 4.79 Å². The van der Waals surface area contributed by atoms with Gasteiger partial charge in [-0.25, -0.2) is 4.99 Å². The summed E-state index contributed by atoms with van der Waals surface area (Å²) in [6.07, 6.45) is 2.83. The van der Waals surface area contributed by atoms with Gasteiger partial charge in [-0.2, -0.15) is 0 Å². The van der Waals surface area contributed by atoms with E-state index < -0.39 is 0 Å². The van der Waals surface area contributed by atoms with Crippen LogP contribution in [0, 0.1) is 5.92 Å². The molecule has 1 N–H and O–H groups in total. The van der Waals surface area contributed by atoms with Crippen molar-refractivity contribution in [1.82, 2.24) is 0 Å². The van der Waals surface area contributed by atoms with Crippen LogP contribution >= 0.6 is 0 Å². The van der Waals surface area contributed by atoms with Gasteiger partial charge in [-0.15, -0.1) is 0 Å². The fourth-order valence-electron chi connectivity index (χ4n) is 1.26. The van der Waals surface area contributed by atoms with E-state index in [0.717, 1.165) is 6.42 Å². The van der Waals surface area contributed by atoms with E-state index in [1.807, 2.05) is 13.8 Å². The van der Waals surface area contributed by atoms with E-state index in [9.17, 15) is 9.90 Å². The fraction of sp³-hybridized carbons (Fsp3) is 0.556. The van der Waals surface area contributed by atoms with Crippen molar-refractivity contribution in [3.8, 4) is 0 Å². The average molecular weight is 167 g/mol. The highest BCUT2D eigenvalue weighted by atomic mass is 16.3. The maximum atomic E-state index is 11.5. The van der Waals surface area contributed by atoms with Gasteiger partial charge in [0.1, 0.15) is 0 Å². The summed E-state index contributed by atoms with van der Waals surface area (Å²) in [4.78, 5) is 15.3. The Morgan fingerprint density at radius 2 is 2.25 bits per heavy atom. The zero-order chi connectivity index (χ0) is 9.14. The second-order valence-corrected chi connectivity index (χ2v) is 2.81. The number of nitrogens with zero attached hydrogens (tertiary/aromatic N) is 1. The van der Waals surface area contributed by atoms with Gasteiger partial charge in [0.25, 0.3) is 0 Å². The normalized spacial score (nSPS) is 23.5. The first-order chi connectivity index (χ1) is 5.70. The number of carbonyl (C=O) groups is 1. The van der Waals surface area contributed by atoms with Crippen LogP contribution in [0.4, 0.5) is 0 Å². The number of hydrogen-bond acceptors (Lipinski definition) is 3. The van der Waals surface area contributed by atoms with Crippen LogP contribution in [0.2, 0.25) is 0 Å². The van der Waals surface area contributed by atoms with Crippen molar-refractivity contribution >= 4 is 12.0 Å². The topological polar surface area (TPSA) is 49.7 Å². The van der Waals surface area contributed by atoms with Crippen molar-refractivity contribution in [1.29, 1.82) is 0 Å². The van der Waals surface area contributed by atoms with Crippen LogP contribution in [0.5, 0.6) is 0 Å². The van der Waals surface area contributed by atoms with E-state index in [0.29, 0.717) is 12.0 Å². The maximum absolute atomic E-state index is 11.5. The highest BCUT2D eigenvalue weighted by Gasteiger charge is 2.24. The van der Waals surface area contributed by atoms with Crippen molar-refractivity contribution in [3.05, 3.63) is 11.5 Å². The molecular formula is C9H13NO2. The van der Waals surface area contributed by atoms with Gasteiger partial charge in [0.15, 0.2) is 5.78 Å². The van der Waals surface area contributed by atoms with Crippen LogP contribution < -0.4 is 0 Å². The Hall–Kier alpha value is -1.12. The number of aliphatic imine (C=N–C) groups is 1. The lowest BCUT2D eigenvalue weighted by Crippen LogP contribution is -2.21. The summed E-state index contributed by atoms with van der Waals surface area (Å²) in [6, 6.07) is 0. The summed E-state index contributed by atoms with van der Waals surface area (Å²) >= 11 is 0. The van der Waals surface area contributed by atoms with Crippen LogP contribution in [0.25, 0.3) is 0 Å². The fourth-order valence-corrected chi connectivity index (χ4v) is 1.26. The molecule has 1 atom stereocenters. The third-order valence-corrected chi connectivity index (χ3v) is 2.07. The lowest BCUT2D eigenvalue weighted by atomic mass is 9.93. The van der Waals surface area contributed by atoms with E-state index in [2.05, 4.69) is 4.99 Å². The Balaban J connectivity index is 2.93. The number of ketones is 1. The van der Waals surface area contributed by atoms with Crippen LogP contribution in [0.1, 0.15) is 26.7 Å². The van der Waals surface area contributed by atoms with Crippen molar-refractivity contribution in [2.75, 3.05) is 0 Å². The maximum Gasteiger partial charge on any atom is 0.217 e. The minimum atomic E-state index is -0.129.